The first-order valence-corrected chi connectivity index (χ1v) is 6.70. The molecule has 21 heavy (non-hydrogen) atoms. The quantitative estimate of drug-likeness (QED) is 0.513. The third-order valence-electron chi connectivity index (χ3n) is 2.85. The smallest absolute Gasteiger partial charge is 0.287 e. The predicted octanol–water partition coefficient (Wildman–Crippen LogP) is 3.04. The van der Waals surface area contributed by atoms with E-state index in [0.29, 0.717) is 10.9 Å². The highest BCUT2D eigenvalue weighted by atomic mass is 32.1. The zero-order valence-electron chi connectivity index (χ0n) is 11.3. The zero-order chi connectivity index (χ0) is 15.2. The van der Waals surface area contributed by atoms with Gasteiger partial charge in [0.25, 0.3) is 5.69 Å². The normalized spacial score (nSPS) is 11.5. The maximum Gasteiger partial charge on any atom is 0.287 e. The molecule has 0 saturated carbocycles. The Balaban J connectivity index is 1.94. The average molecular weight is 302 g/mol. The number of rotatable bonds is 4. The van der Waals surface area contributed by atoms with Crippen molar-refractivity contribution in [2.75, 3.05) is 5.32 Å². The van der Waals surface area contributed by atoms with Gasteiger partial charge in [-0.2, -0.15) is 0 Å². The molecule has 0 aliphatic heterocycles. The van der Waals surface area contributed by atoms with E-state index in [-0.39, 0.29) is 11.7 Å². The zero-order valence-corrected chi connectivity index (χ0v) is 12.1. The Morgan fingerprint density at radius 2 is 2.00 bits per heavy atom. The number of benzene rings is 1. The van der Waals surface area contributed by atoms with Crippen LogP contribution in [0.3, 0.4) is 0 Å². The first kappa shape index (κ1) is 14.9. The van der Waals surface area contributed by atoms with Gasteiger partial charge in [0.1, 0.15) is 12.0 Å². The van der Waals surface area contributed by atoms with Crippen LogP contribution in [0.4, 0.5) is 11.5 Å². The molecule has 2 aromatic rings. The second kappa shape index (κ2) is 6.76. The SMILES string of the molecule is CC(NC(=S)Nc1ccc([N+](=O)[O-])cn1)c1ccccc1. The average Bonchev–Trinajstić information content (AvgIpc) is 2.48. The molecule has 108 valence electrons. The van der Waals surface area contributed by atoms with Crippen LogP contribution in [0.15, 0.2) is 48.7 Å². The van der Waals surface area contributed by atoms with Gasteiger partial charge in [0, 0.05) is 6.07 Å². The van der Waals surface area contributed by atoms with Gasteiger partial charge >= 0.3 is 0 Å². The van der Waals surface area contributed by atoms with E-state index in [4.69, 9.17) is 12.2 Å². The minimum atomic E-state index is -0.495. The summed E-state index contributed by atoms with van der Waals surface area (Å²) in [5.41, 5.74) is 1.05. The lowest BCUT2D eigenvalue weighted by Gasteiger charge is -2.16. The van der Waals surface area contributed by atoms with Crippen LogP contribution in [0, 0.1) is 10.1 Å². The van der Waals surface area contributed by atoms with Crippen molar-refractivity contribution in [3.8, 4) is 0 Å². The minimum absolute atomic E-state index is 0.0456. The minimum Gasteiger partial charge on any atom is -0.356 e. The maximum absolute atomic E-state index is 10.5. The standard InChI is InChI=1S/C14H14N4O2S/c1-10(11-5-3-2-4-6-11)16-14(21)17-13-8-7-12(9-15-13)18(19)20/h2-10H,1H3,(H2,15,16,17,21). The van der Waals surface area contributed by atoms with Crippen LogP contribution in [-0.4, -0.2) is 15.0 Å². The molecule has 0 spiro atoms. The fraction of sp³-hybridized carbons (Fsp3) is 0.143. The molecule has 1 heterocycles. The van der Waals surface area contributed by atoms with Crippen molar-refractivity contribution in [1.29, 1.82) is 0 Å². The lowest BCUT2D eigenvalue weighted by molar-refractivity contribution is -0.385. The Kier molecular flexibility index (Phi) is 4.78. The number of hydrogen-bond acceptors (Lipinski definition) is 4. The van der Waals surface area contributed by atoms with Crippen LogP contribution >= 0.6 is 12.2 Å². The summed E-state index contributed by atoms with van der Waals surface area (Å²) in [7, 11) is 0. The van der Waals surface area contributed by atoms with Crippen LogP contribution in [0.5, 0.6) is 0 Å². The van der Waals surface area contributed by atoms with E-state index in [1.54, 1.807) is 0 Å². The first-order chi connectivity index (χ1) is 10.1. The van der Waals surface area contributed by atoms with E-state index in [0.717, 1.165) is 5.56 Å². The fourth-order valence-electron chi connectivity index (χ4n) is 1.74. The Morgan fingerprint density at radius 1 is 1.29 bits per heavy atom. The van der Waals surface area contributed by atoms with E-state index >= 15 is 0 Å². The molecule has 0 aliphatic carbocycles. The van der Waals surface area contributed by atoms with E-state index in [1.807, 2.05) is 37.3 Å². The number of nitrogens with one attached hydrogen (secondary N) is 2. The molecule has 0 amide bonds. The molecule has 2 N–H and O–H groups in total. The summed E-state index contributed by atoms with van der Waals surface area (Å²) in [4.78, 5) is 14.0. The van der Waals surface area contributed by atoms with E-state index in [9.17, 15) is 10.1 Å². The van der Waals surface area contributed by atoms with E-state index in [1.165, 1.54) is 18.3 Å². The molecule has 7 heteroatoms. The maximum atomic E-state index is 10.5. The highest BCUT2D eigenvalue weighted by Gasteiger charge is 2.08. The monoisotopic (exact) mass is 302 g/mol. The van der Waals surface area contributed by atoms with Crippen molar-refractivity contribution in [3.63, 3.8) is 0 Å². The molecule has 0 radical (unpaired) electrons. The fourth-order valence-corrected chi connectivity index (χ4v) is 2.02. The van der Waals surface area contributed by atoms with Gasteiger partial charge in [-0.25, -0.2) is 4.98 Å². The highest BCUT2D eigenvalue weighted by molar-refractivity contribution is 7.80. The van der Waals surface area contributed by atoms with Crippen molar-refractivity contribution >= 4 is 28.8 Å². The topological polar surface area (TPSA) is 80.1 Å². The summed E-state index contributed by atoms with van der Waals surface area (Å²) in [5, 5.41) is 17.0. The molecule has 0 aliphatic rings. The number of hydrogen-bond donors (Lipinski definition) is 2. The molecule has 0 fully saturated rings. The van der Waals surface area contributed by atoms with Crippen LogP contribution in [0.25, 0.3) is 0 Å². The summed E-state index contributed by atoms with van der Waals surface area (Å²) < 4.78 is 0. The predicted molar refractivity (Wildman–Crippen MR) is 85.1 cm³/mol. The molecule has 0 saturated heterocycles. The molecular weight excluding hydrogens is 288 g/mol. The number of nitro groups is 1. The number of pyridine rings is 1. The summed E-state index contributed by atoms with van der Waals surface area (Å²) in [6, 6.07) is 12.8. The number of nitrogens with zero attached hydrogens (tertiary/aromatic N) is 2. The van der Waals surface area contributed by atoms with Gasteiger partial charge in [-0.05, 0) is 30.8 Å². The number of aromatic nitrogens is 1. The molecule has 1 aromatic carbocycles. The van der Waals surface area contributed by atoms with Crippen molar-refractivity contribution < 1.29 is 4.92 Å². The molecule has 1 aromatic heterocycles. The van der Waals surface area contributed by atoms with Crippen molar-refractivity contribution in [1.82, 2.24) is 10.3 Å². The third-order valence-corrected chi connectivity index (χ3v) is 3.07. The van der Waals surface area contributed by atoms with Gasteiger partial charge in [-0.3, -0.25) is 10.1 Å². The number of thiocarbonyl (C=S) groups is 1. The van der Waals surface area contributed by atoms with Crippen LogP contribution in [0.1, 0.15) is 18.5 Å². The Labute approximate surface area is 127 Å². The first-order valence-electron chi connectivity index (χ1n) is 6.29. The molecule has 0 bridgehead atoms. The van der Waals surface area contributed by atoms with Gasteiger partial charge in [-0.15, -0.1) is 0 Å². The van der Waals surface area contributed by atoms with Gasteiger partial charge < -0.3 is 10.6 Å². The summed E-state index contributed by atoms with van der Waals surface area (Å²) in [6.45, 7) is 1.99. The second-order valence-corrected chi connectivity index (χ2v) is 4.80. The van der Waals surface area contributed by atoms with Crippen molar-refractivity contribution in [2.45, 2.75) is 13.0 Å². The van der Waals surface area contributed by atoms with Crippen LogP contribution in [-0.2, 0) is 0 Å². The molecule has 1 unspecified atom stereocenters. The van der Waals surface area contributed by atoms with E-state index < -0.39 is 4.92 Å². The van der Waals surface area contributed by atoms with Crippen molar-refractivity contribution in [3.05, 3.63) is 64.3 Å². The number of anilines is 1. The van der Waals surface area contributed by atoms with Crippen molar-refractivity contribution in [2.24, 2.45) is 0 Å². The summed E-state index contributed by atoms with van der Waals surface area (Å²) in [5.74, 6) is 0.457. The van der Waals surface area contributed by atoms with Gasteiger partial charge in [0.15, 0.2) is 5.11 Å². The van der Waals surface area contributed by atoms with Gasteiger partial charge in [-0.1, -0.05) is 30.3 Å². The molecule has 6 nitrogen and oxygen atoms in total. The Morgan fingerprint density at radius 3 is 2.57 bits per heavy atom. The van der Waals surface area contributed by atoms with Crippen LogP contribution < -0.4 is 10.6 Å². The third kappa shape index (κ3) is 4.22. The largest absolute Gasteiger partial charge is 0.356 e. The Bertz CT molecular complexity index is 631. The summed E-state index contributed by atoms with van der Waals surface area (Å²) >= 11 is 5.20. The molecule has 1 atom stereocenters. The van der Waals surface area contributed by atoms with Gasteiger partial charge in [0.05, 0.1) is 11.0 Å². The lowest BCUT2D eigenvalue weighted by atomic mass is 10.1. The Hall–Kier alpha value is -2.54. The van der Waals surface area contributed by atoms with Crippen LogP contribution in [0.2, 0.25) is 0 Å². The van der Waals surface area contributed by atoms with Gasteiger partial charge in [0.2, 0.25) is 0 Å². The lowest BCUT2D eigenvalue weighted by Crippen LogP contribution is -2.31. The highest BCUT2D eigenvalue weighted by Crippen LogP contribution is 2.13. The second-order valence-electron chi connectivity index (χ2n) is 4.39. The molecule has 2 rings (SSSR count). The van der Waals surface area contributed by atoms with E-state index in [2.05, 4.69) is 15.6 Å². The molecular formula is C14H14N4O2S. The summed E-state index contributed by atoms with van der Waals surface area (Å²) in [6.07, 6.45) is 1.19.